The number of aliphatic hydroxyl groups is 1. The van der Waals surface area contributed by atoms with Crippen molar-refractivity contribution in [1.82, 2.24) is 9.55 Å². The van der Waals surface area contributed by atoms with Gasteiger partial charge < -0.3 is 10.1 Å². The SMILES string of the molecule is Cc1ccc(S(=O)(=O)N2CCCc3ccccc32)cc1-n1c(=O)[nH]c2cccc(CO)c2c1=O. The third-order valence-corrected chi connectivity index (χ3v) is 8.07. The lowest BCUT2D eigenvalue weighted by molar-refractivity contribution is 0.283. The van der Waals surface area contributed by atoms with Gasteiger partial charge in [-0.25, -0.2) is 17.8 Å². The van der Waals surface area contributed by atoms with Crippen LogP contribution in [-0.2, 0) is 23.1 Å². The van der Waals surface area contributed by atoms with Crippen molar-refractivity contribution in [2.45, 2.75) is 31.3 Å². The Balaban J connectivity index is 1.71. The van der Waals surface area contributed by atoms with Crippen LogP contribution in [0.3, 0.4) is 0 Å². The number of benzene rings is 3. The first-order valence-corrected chi connectivity index (χ1v) is 12.4. The quantitative estimate of drug-likeness (QED) is 0.469. The maximum atomic E-state index is 13.6. The van der Waals surface area contributed by atoms with Gasteiger partial charge in [-0.2, -0.15) is 0 Å². The minimum Gasteiger partial charge on any atom is -0.392 e. The third-order valence-electron chi connectivity index (χ3n) is 6.26. The summed E-state index contributed by atoms with van der Waals surface area (Å²) >= 11 is 0. The molecule has 3 aromatic carbocycles. The first kappa shape index (κ1) is 22.1. The summed E-state index contributed by atoms with van der Waals surface area (Å²) in [4.78, 5) is 29.0. The van der Waals surface area contributed by atoms with Crippen molar-refractivity contribution in [2.75, 3.05) is 10.8 Å². The zero-order valence-corrected chi connectivity index (χ0v) is 19.3. The Labute approximate surface area is 195 Å². The van der Waals surface area contributed by atoms with E-state index in [1.807, 2.05) is 12.1 Å². The van der Waals surface area contributed by atoms with E-state index < -0.39 is 21.3 Å². The summed E-state index contributed by atoms with van der Waals surface area (Å²) in [5.74, 6) is 0. The second kappa shape index (κ2) is 8.27. The van der Waals surface area contributed by atoms with Crippen LogP contribution in [0.25, 0.3) is 16.6 Å². The van der Waals surface area contributed by atoms with E-state index in [9.17, 15) is 23.1 Å². The van der Waals surface area contributed by atoms with Crippen molar-refractivity contribution in [1.29, 1.82) is 0 Å². The van der Waals surface area contributed by atoms with Crippen molar-refractivity contribution in [3.05, 3.63) is 98.2 Å². The highest BCUT2D eigenvalue weighted by Crippen LogP contribution is 2.32. The van der Waals surface area contributed by atoms with Crippen LogP contribution in [0, 0.1) is 6.92 Å². The minimum absolute atomic E-state index is 0.00774. The van der Waals surface area contributed by atoms with E-state index in [2.05, 4.69) is 4.98 Å². The fraction of sp³-hybridized carbons (Fsp3) is 0.200. The number of para-hydroxylation sites is 1. The van der Waals surface area contributed by atoms with Crippen LogP contribution < -0.4 is 15.6 Å². The average Bonchev–Trinajstić information content (AvgIpc) is 2.84. The number of fused-ring (bicyclic) bond motifs is 2. The zero-order chi connectivity index (χ0) is 24.0. The van der Waals surface area contributed by atoms with Crippen molar-refractivity contribution in [3.63, 3.8) is 0 Å². The van der Waals surface area contributed by atoms with Gasteiger partial charge in [0.05, 0.1) is 33.8 Å². The summed E-state index contributed by atoms with van der Waals surface area (Å²) in [6, 6.07) is 16.7. The van der Waals surface area contributed by atoms with E-state index in [1.165, 1.54) is 16.4 Å². The molecule has 0 spiro atoms. The number of hydrogen-bond acceptors (Lipinski definition) is 5. The van der Waals surface area contributed by atoms with E-state index in [1.54, 1.807) is 43.3 Å². The van der Waals surface area contributed by atoms with Gasteiger partial charge in [0.25, 0.3) is 15.6 Å². The molecule has 0 aliphatic carbocycles. The molecule has 0 bridgehead atoms. The molecule has 5 rings (SSSR count). The Morgan fingerprint density at radius 1 is 1.00 bits per heavy atom. The summed E-state index contributed by atoms with van der Waals surface area (Å²) in [6.07, 6.45) is 1.50. The van der Waals surface area contributed by atoms with E-state index in [-0.39, 0.29) is 22.6 Å². The number of aliphatic hydroxyl groups excluding tert-OH is 1. The summed E-state index contributed by atoms with van der Waals surface area (Å²) in [5.41, 5.74) is 1.71. The third kappa shape index (κ3) is 3.44. The van der Waals surface area contributed by atoms with E-state index >= 15 is 0 Å². The van der Waals surface area contributed by atoms with Gasteiger partial charge in [0.15, 0.2) is 0 Å². The number of sulfonamides is 1. The molecule has 174 valence electrons. The summed E-state index contributed by atoms with van der Waals surface area (Å²) in [6.45, 7) is 1.68. The molecular formula is C25H23N3O5S. The van der Waals surface area contributed by atoms with Gasteiger partial charge in [0, 0.05) is 6.54 Å². The molecule has 4 aromatic rings. The molecule has 1 aliphatic heterocycles. The largest absolute Gasteiger partial charge is 0.392 e. The first-order valence-electron chi connectivity index (χ1n) is 10.9. The molecule has 0 atom stereocenters. The molecule has 34 heavy (non-hydrogen) atoms. The van der Waals surface area contributed by atoms with Gasteiger partial charge in [-0.05, 0) is 60.7 Å². The molecule has 0 radical (unpaired) electrons. The lowest BCUT2D eigenvalue weighted by Gasteiger charge is -2.30. The zero-order valence-electron chi connectivity index (χ0n) is 18.5. The highest BCUT2D eigenvalue weighted by Gasteiger charge is 2.29. The van der Waals surface area contributed by atoms with E-state index in [4.69, 9.17) is 0 Å². The molecule has 8 nitrogen and oxygen atoms in total. The molecule has 0 saturated carbocycles. The average molecular weight is 478 g/mol. The minimum atomic E-state index is -3.94. The predicted octanol–water partition coefficient (Wildman–Crippen LogP) is 2.62. The van der Waals surface area contributed by atoms with Gasteiger partial charge in [-0.15, -0.1) is 0 Å². The fourth-order valence-corrected chi connectivity index (χ4v) is 6.11. The fourth-order valence-electron chi connectivity index (χ4n) is 4.55. The lowest BCUT2D eigenvalue weighted by Crippen LogP contribution is -2.36. The van der Waals surface area contributed by atoms with Crippen LogP contribution in [0.4, 0.5) is 5.69 Å². The van der Waals surface area contributed by atoms with Crippen molar-refractivity contribution < 1.29 is 13.5 Å². The predicted molar refractivity (Wildman–Crippen MR) is 130 cm³/mol. The Morgan fingerprint density at radius 2 is 1.79 bits per heavy atom. The standard InChI is InChI=1S/C25H23N3O5S/c1-16-11-12-19(34(32,33)27-13-5-8-17-6-2-3-10-21(17)27)14-22(16)28-24(30)23-18(15-29)7-4-9-20(23)26-25(28)31/h2-4,6-7,9-12,14,29H,5,8,13,15H2,1H3,(H,26,31). The van der Waals surface area contributed by atoms with Gasteiger partial charge in [0.1, 0.15) is 0 Å². The van der Waals surface area contributed by atoms with Crippen LogP contribution >= 0.6 is 0 Å². The van der Waals surface area contributed by atoms with Gasteiger partial charge >= 0.3 is 5.69 Å². The molecule has 9 heteroatoms. The number of aromatic nitrogens is 2. The maximum Gasteiger partial charge on any atom is 0.333 e. The van der Waals surface area contributed by atoms with Crippen LogP contribution in [0.1, 0.15) is 23.1 Å². The van der Waals surface area contributed by atoms with Crippen LogP contribution in [0.15, 0.2) is 75.1 Å². The number of aromatic amines is 1. The van der Waals surface area contributed by atoms with Crippen molar-refractivity contribution in [2.24, 2.45) is 0 Å². The maximum absolute atomic E-state index is 13.6. The Bertz CT molecular complexity index is 1650. The number of nitrogens with zero attached hydrogens (tertiary/aromatic N) is 2. The number of anilines is 1. The molecule has 1 aromatic heterocycles. The lowest BCUT2D eigenvalue weighted by atomic mass is 10.0. The summed E-state index contributed by atoms with van der Waals surface area (Å²) in [7, 11) is -3.94. The van der Waals surface area contributed by atoms with E-state index in [0.29, 0.717) is 35.3 Å². The molecular weight excluding hydrogens is 454 g/mol. The molecule has 0 amide bonds. The van der Waals surface area contributed by atoms with Crippen molar-refractivity contribution >= 4 is 26.6 Å². The molecule has 2 N–H and O–H groups in total. The molecule has 1 aliphatic rings. The summed E-state index contributed by atoms with van der Waals surface area (Å²) in [5, 5.41) is 9.88. The van der Waals surface area contributed by atoms with Gasteiger partial charge in [-0.3, -0.25) is 9.10 Å². The Morgan fingerprint density at radius 3 is 2.59 bits per heavy atom. The smallest absolute Gasteiger partial charge is 0.333 e. The van der Waals surface area contributed by atoms with Gasteiger partial charge in [-0.1, -0.05) is 36.4 Å². The number of hydrogen-bond donors (Lipinski definition) is 2. The Kier molecular flexibility index (Phi) is 5.38. The summed E-state index contributed by atoms with van der Waals surface area (Å²) < 4.78 is 29.6. The van der Waals surface area contributed by atoms with Gasteiger partial charge in [0.2, 0.25) is 0 Å². The monoisotopic (exact) mass is 477 g/mol. The van der Waals surface area contributed by atoms with Crippen molar-refractivity contribution in [3.8, 4) is 5.69 Å². The Hall–Kier alpha value is -3.69. The first-order chi connectivity index (χ1) is 16.3. The molecule has 0 unspecified atom stereocenters. The topological polar surface area (TPSA) is 112 Å². The highest BCUT2D eigenvalue weighted by molar-refractivity contribution is 7.92. The van der Waals surface area contributed by atoms with Crippen LogP contribution in [-0.4, -0.2) is 29.6 Å². The second-order valence-electron chi connectivity index (χ2n) is 8.33. The molecule has 0 saturated heterocycles. The normalized spacial score (nSPS) is 13.8. The number of nitrogens with one attached hydrogen (secondary N) is 1. The number of aryl methyl sites for hydroxylation is 2. The van der Waals surface area contributed by atoms with E-state index in [0.717, 1.165) is 16.6 Å². The van der Waals surface area contributed by atoms with Crippen LogP contribution in [0.2, 0.25) is 0 Å². The number of rotatable bonds is 4. The van der Waals surface area contributed by atoms with Crippen LogP contribution in [0.5, 0.6) is 0 Å². The second-order valence-corrected chi connectivity index (χ2v) is 10.2. The highest BCUT2D eigenvalue weighted by atomic mass is 32.2. The molecule has 2 heterocycles. The molecule has 0 fully saturated rings. The number of H-pyrrole nitrogens is 1.